The molecule has 0 atom stereocenters. The summed E-state index contributed by atoms with van der Waals surface area (Å²) in [5.74, 6) is -1.08. The number of hydrogen-bond donors (Lipinski definition) is 1. The normalized spacial score (nSPS) is 19.2. The summed E-state index contributed by atoms with van der Waals surface area (Å²) in [4.78, 5) is 35.1. The second-order valence-electron chi connectivity index (χ2n) is 4.47. The minimum absolute atomic E-state index is 0.0400. The lowest BCUT2D eigenvalue weighted by molar-refractivity contribution is -0.156. The lowest BCUT2D eigenvalue weighted by Gasteiger charge is -2.38. The summed E-state index contributed by atoms with van der Waals surface area (Å²) in [6, 6.07) is 0. The molecule has 90 valence electrons. The number of carboxylic acid groups (broad SMARTS) is 1. The van der Waals surface area contributed by atoms with E-state index in [9.17, 15) is 19.5 Å². The summed E-state index contributed by atoms with van der Waals surface area (Å²) in [7, 11) is 0. The highest BCUT2D eigenvalue weighted by atomic mass is 16.4. The number of nitrogens with zero attached hydrogens (tertiary/aromatic N) is 1. The number of Topliss-reactive ketones (excluding diaryl/α,β-unsaturated/α-hetero) is 1. The molecule has 1 rings (SSSR count). The molecule has 0 saturated carbocycles. The van der Waals surface area contributed by atoms with Crippen LogP contribution in [0.2, 0.25) is 0 Å². The summed E-state index contributed by atoms with van der Waals surface area (Å²) in [5, 5.41) is 9.21. The average molecular weight is 227 g/mol. The Morgan fingerprint density at radius 3 is 2.00 bits per heavy atom. The van der Waals surface area contributed by atoms with Crippen molar-refractivity contribution in [2.75, 3.05) is 13.1 Å². The van der Waals surface area contributed by atoms with Gasteiger partial charge in [-0.1, -0.05) is 0 Å². The predicted molar refractivity (Wildman–Crippen MR) is 56.9 cm³/mol. The molecule has 1 aliphatic heterocycles. The van der Waals surface area contributed by atoms with Gasteiger partial charge in [0.1, 0.15) is 5.78 Å². The Hall–Kier alpha value is -1.39. The first kappa shape index (κ1) is 12.7. The van der Waals surface area contributed by atoms with Crippen LogP contribution in [0.1, 0.15) is 33.1 Å². The zero-order valence-electron chi connectivity index (χ0n) is 9.65. The largest absolute Gasteiger partial charge is 0.481 e. The maximum atomic E-state index is 11.2. The fraction of sp³-hybridized carbons (Fsp3) is 0.727. The van der Waals surface area contributed by atoms with Crippen molar-refractivity contribution >= 4 is 17.7 Å². The Morgan fingerprint density at radius 2 is 1.69 bits per heavy atom. The van der Waals surface area contributed by atoms with E-state index in [0.717, 1.165) is 0 Å². The molecule has 0 spiro atoms. The Labute approximate surface area is 94.4 Å². The topological polar surface area (TPSA) is 74.7 Å². The monoisotopic (exact) mass is 227 g/mol. The van der Waals surface area contributed by atoms with Crippen LogP contribution in [0.15, 0.2) is 0 Å². The molecule has 0 aromatic rings. The molecule has 0 radical (unpaired) electrons. The van der Waals surface area contributed by atoms with E-state index in [1.807, 2.05) is 0 Å². The van der Waals surface area contributed by atoms with E-state index in [0.29, 0.717) is 25.9 Å². The van der Waals surface area contributed by atoms with E-state index in [1.54, 1.807) is 4.90 Å². The van der Waals surface area contributed by atoms with Crippen LogP contribution in [0, 0.1) is 5.41 Å². The van der Waals surface area contributed by atoms with Crippen LogP contribution in [-0.4, -0.2) is 40.8 Å². The summed E-state index contributed by atoms with van der Waals surface area (Å²) < 4.78 is 0. The van der Waals surface area contributed by atoms with Gasteiger partial charge in [0.05, 0.1) is 5.41 Å². The molecule has 0 aromatic heterocycles. The van der Waals surface area contributed by atoms with Gasteiger partial charge in [-0.05, 0) is 19.8 Å². The molecule has 1 N–H and O–H groups in total. The van der Waals surface area contributed by atoms with Gasteiger partial charge < -0.3 is 10.0 Å². The van der Waals surface area contributed by atoms with Crippen LogP contribution in [0.5, 0.6) is 0 Å². The van der Waals surface area contributed by atoms with Crippen molar-refractivity contribution in [3.63, 3.8) is 0 Å². The molecule has 1 saturated heterocycles. The Balaban J connectivity index is 2.73. The highest BCUT2D eigenvalue weighted by molar-refractivity contribution is 5.85. The number of ketones is 1. The second kappa shape index (κ2) is 4.63. The zero-order valence-corrected chi connectivity index (χ0v) is 9.65. The van der Waals surface area contributed by atoms with E-state index in [-0.39, 0.29) is 18.1 Å². The molecule has 1 aliphatic rings. The molecule has 0 bridgehead atoms. The minimum Gasteiger partial charge on any atom is -0.481 e. The van der Waals surface area contributed by atoms with Crippen LogP contribution in [0.25, 0.3) is 0 Å². The number of rotatable bonds is 3. The van der Waals surface area contributed by atoms with E-state index in [4.69, 9.17) is 0 Å². The molecule has 1 heterocycles. The van der Waals surface area contributed by atoms with Gasteiger partial charge in [0.15, 0.2) is 0 Å². The maximum Gasteiger partial charge on any atom is 0.310 e. The van der Waals surface area contributed by atoms with Crippen molar-refractivity contribution in [3.8, 4) is 0 Å². The molecular weight excluding hydrogens is 210 g/mol. The molecule has 5 heteroatoms. The zero-order chi connectivity index (χ0) is 12.3. The first-order valence-electron chi connectivity index (χ1n) is 5.36. The van der Waals surface area contributed by atoms with Crippen LogP contribution in [0.3, 0.4) is 0 Å². The summed E-state index contributed by atoms with van der Waals surface area (Å²) in [6.07, 6.45) is 0.789. The van der Waals surface area contributed by atoms with E-state index in [1.165, 1.54) is 13.8 Å². The molecule has 0 unspecified atom stereocenters. The van der Waals surface area contributed by atoms with Crippen molar-refractivity contribution in [3.05, 3.63) is 0 Å². The minimum atomic E-state index is -0.961. The number of likely N-dealkylation sites (tertiary alicyclic amines) is 1. The predicted octanol–water partition coefficient (Wildman–Crippen LogP) is 0.679. The first-order valence-corrected chi connectivity index (χ1v) is 5.36. The van der Waals surface area contributed by atoms with Gasteiger partial charge in [-0.3, -0.25) is 14.4 Å². The highest BCUT2D eigenvalue weighted by Gasteiger charge is 2.42. The molecule has 5 nitrogen and oxygen atoms in total. The van der Waals surface area contributed by atoms with Crippen molar-refractivity contribution in [2.45, 2.75) is 33.1 Å². The molecule has 0 aromatic carbocycles. The number of hydrogen-bond acceptors (Lipinski definition) is 3. The summed E-state index contributed by atoms with van der Waals surface area (Å²) >= 11 is 0. The molecule has 16 heavy (non-hydrogen) atoms. The van der Waals surface area contributed by atoms with Gasteiger partial charge in [0, 0.05) is 26.4 Å². The van der Waals surface area contributed by atoms with Crippen molar-refractivity contribution < 1.29 is 19.5 Å². The van der Waals surface area contributed by atoms with Gasteiger partial charge in [0.2, 0.25) is 5.91 Å². The number of amides is 1. The molecule has 0 aliphatic carbocycles. The third kappa shape index (κ3) is 2.59. The van der Waals surface area contributed by atoms with E-state index < -0.39 is 11.4 Å². The van der Waals surface area contributed by atoms with Crippen LogP contribution < -0.4 is 0 Å². The number of piperidine rings is 1. The number of carbonyl (C=O) groups is 3. The summed E-state index contributed by atoms with van der Waals surface area (Å²) in [5.41, 5.74) is -0.961. The lowest BCUT2D eigenvalue weighted by Crippen LogP contribution is -2.46. The smallest absolute Gasteiger partial charge is 0.310 e. The van der Waals surface area contributed by atoms with Gasteiger partial charge in [-0.25, -0.2) is 0 Å². The quantitative estimate of drug-likeness (QED) is 0.769. The number of carboxylic acids is 1. The van der Waals surface area contributed by atoms with Gasteiger partial charge in [0.25, 0.3) is 0 Å². The molecule has 1 fully saturated rings. The summed E-state index contributed by atoms with van der Waals surface area (Å²) in [6.45, 7) is 3.73. The maximum absolute atomic E-state index is 11.2. The van der Waals surface area contributed by atoms with Crippen LogP contribution in [0.4, 0.5) is 0 Å². The van der Waals surface area contributed by atoms with Gasteiger partial charge in [-0.15, -0.1) is 0 Å². The fourth-order valence-electron chi connectivity index (χ4n) is 2.19. The van der Waals surface area contributed by atoms with Crippen LogP contribution in [-0.2, 0) is 14.4 Å². The second-order valence-corrected chi connectivity index (χ2v) is 4.47. The average Bonchev–Trinajstić information content (AvgIpc) is 2.17. The van der Waals surface area contributed by atoms with Gasteiger partial charge >= 0.3 is 5.97 Å². The third-order valence-electron chi connectivity index (χ3n) is 3.21. The highest BCUT2D eigenvalue weighted by Crippen LogP contribution is 2.35. The molecule has 1 amide bonds. The standard InChI is InChI=1S/C11H17NO4/c1-8(13)7-11(10(15)16)3-5-12(6-4-11)9(2)14/h3-7H2,1-2H3,(H,15,16). The first-order chi connectivity index (χ1) is 7.37. The van der Waals surface area contributed by atoms with Crippen molar-refractivity contribution in [1.82, 2.24) is 4.90 Å². The Kier molecular flexibility index (Phi) is 3.67. The van der Waals surface area contributed by atoms with E-state index in [2.05, 4.69) is 0 Å². The van der Waals surface area contributed by atoms with Crippen molar-refractivity contribution in [2.24, 2.45) is 5.41 Å². The Morgan fingerprint density at radius 1 is 1.19 bits per heavy atom. The number of carbonyl (C=O) groups excluding carboxylic acids is 2. The molecular formula is C11H17NO4. The fourth-order valence-corrected chi connectivity index (χ4v) is 2.19. The Bertz CT molecular complexity index is 316. The van der Waals surface area contributed by atoms with Gasteiger partial charge in [-0.2, -0.15) is 0 Å². The third-order valence-corrected chi connectivity index (χ3v) is 3.21. The number of aliphatic carboxylic acids is 1. The van der Waals surface area contributed by atoms with E-state index >= 15 is 0 Å². The SMILES string of the molecule is CC(=O)CC1(C(=O)O)CCN(C(C)=O)CC1. The van der Waals surface area contributed by atoms with Crippen LogP contribution >= 0.6 is 0 Å². The van der Waals surface area contributed by atoms with Crippen molar-refractivity contribution in [1.29, 1.82) is 0 Å². The lowest BCUT2D eigenvalue weighted by atomic mass is 9.74.